The molecule has 122 valence electrons. The predicted octanol–water partition coefficient (Wildman–Crippen LogP) is 2.48. The number of guanidine groups is 1. The number of rotatable bonds is 6. The van der Waals surface area contributed by atoms with Crippen molar-refractivity contribution >= 4 is 5.96 Å². The highest BCUT2D eigenvalue weighted by atomic mass is 19.1. The molecular weight excluding hydrogens is 293 g/mol. The van der Waals surface area contributed by atoms with Gasteiger partial charge in [0.05, 0.1) is 18.6 Å². The van der Waals surface area contributed by atoms with E-state index in [0.29, 0.717) is 12.2 Å². The fourth-order valence-corrected chi connectivity index (χ4v) is 2.33. The Bertz CT molecular complexity index is 662. The third-order valence-corrected chi connectivity index (χ3v) is 3.81. The van der Waals surface area contributed by atoms with Crippen molar-refractivity contribution in [1.82, 2.24) is 20.2 Å². The van der Waals surface area contributed by atoms with Gasteiger partial charge < -0.3 is 15.2 Å². The van der Waals surface area contributed by atoms with Crippen LogP contribution in [0, 0.1) is 11.7 Å². The van der Waals surface area contributed by atoms with Gasteiger partial charge in [-0.15, -0.1) is 0 Å². The van der Waals surface area contributed by atoms with Crippen LogP contribution in [0.3, 0.4) is 0 Å². The Morgan fingerprint density at radius 2 is 2.26 bits per heavy atom. The molecule has 1 fully saturated rings. The first-order valence-electron chi connectivity index (χ1n) is 8.05. The van der Waals surface area contributed by atoms with E-state index in [-0.39, 0.29) is 5.82 Å². The molecule has 1 saturated carbocycles. The summed E-state index contributed by atoms with van der Waals surface area (Å²) in [6, 6.07) is 5.18. The summed E-state index contributed by atoms with van der Waals surface area (Å²) in [6.07, 6.45) is 7.54. The molecule has 1 aliphatic carbocycles. The third kappa shape index (κ3) is 4.31. The second-order valence-electron chi connectivity index (χ2n) is 5.78. The molecule has 1 aliphatic rings. The lowest BCUT2D eigenvalue weighted by Gasteiger charge is -2.11. The van der Waals surface area contributed by atoms with Crippen LogP contribution in [0.25, 0.3) is 5.69 Å². The van der Waals surface area contributed by atoms with Gasteiger partial charge in [0.1, 0.15) is 5.82 Å². The van der Waals surface area contributed by atoms with E-state index in [1.165, 1.54) is 18.9 Å². The summed E-state index contributed by atoms with van der Waals surface area (Å²) in [4.78, 5) is 8.47. The fourth-order valence-electron chi connectivity index (χ4n) is 2.33. The predicted molar refractivity (Wildman–Crippen MR) is 89.1 cm³/mol. The average Bonchev–Trinajstić information content (AvgIpc) is 3.22. The zero-order valence-electron chi connectivity index (χ0n) is 13.3. The van der Waals surface area contributed by atoms with Gasteiger partial charge in [0, 0.05) is 25.5 Å². The largest absolute Gasteiger partial charge is 0.357 e. The van der Waals surface area contributed by atoms with E-state index >= 15 is 0 Å². The molecule has 0 bridgehead atoms. The van der Waals surface area contributed by atoms with E-state index in [4.69, 9.17) is 0 Å². The Balaban J connectivity index is 1.65. The molecule has 5 nitrogen and oxygen atoms in total. The van der Waals surface area contributed by atoms with Crippen molar-refractivity contribution in [2.24, 2.45) is 10.9 Å². The third-order valence-electron chi connectivity index (χ3n) is 3.81. The molecule has 1 aromatic heterocycles. The topological polar surface area (TPSA) is 54.2 Å². The standard InChI is InChI=1S/C17H22FN5/c1-2-20-17(21-10-13-3-4-13)22-11-14-5-6-16(15(18)9-14)23-8-7-19-12-23/h5-9,12-13H,2-4,10-11H2,1H3,(H2,20,21,22). The highest BCUT2D eigenvalue weighted by Gasteiger charge is 2.21. The molecule has 0 saturated heterocycles. The Hall–Kier alpha value is -2.37. The van der Waals surface area contributed by atoms with Gasteiger partial charge in [0.2, 0.25) is 0 Å². The SMILES string of the molecule is CCNC(=NCc1ccc(-n2ccnc2)c(F)c1)NCC1CC1. The quantitative estimate of drug-likeness (QED) is 0.636. The van der Waals surface area contributed by atoms with Crippen LogP contribution in [-0.2, 0) is 6.54 Å². The number of halogens is 1. The van der Waals surface area contributed by atoms with Crippen molar-refractivity contribution in [2.75, 3.05) is 13.1 Å². The Labute approximate surface area is 135 Å². The number of nitrogens with zero attached hydrogens (tertiary/aromatic N) is 3. The summed E-state index contributed by atoms with van der Waals surface area (Å²) in [7, 11) is 0. The minimum atomic E-state index is -0.272. The van der Waals surface area contributed by atoms with Gasteiger partial charge in [-0.3, -0.25) is 0 Å². The van der Waals surface area contributed by atoms with Crippen molar-refractivity contribution in [2.45, 2.75) is 26.3 Å². The number of nitrogens with one attached hydrogen (secondary N) is 2. The molecule has 2 aromatic rings. The van der Waals surface area contributed by atoms with Crippen molar-refractivity contribution in [1.29, 1.82) is 0 Å². The van der Waals surface area contributed by atoms with Crippen LogP contribution in [0.2, 0.25) is 0 Å². The summed E-state index contributed by atoms with van der Waals surface area (Å²) in [5, 5.41) is 6.55. The van der Waals surface area contributed by atoms with Crippen LogP contribution in [0.15, 0.2) is 41.9 Å². The van der Waals surface area contributed by atoms with Gasteiger partial charge in [-0.1, -0.05) is 6.07 Å². The molecule has 3 rings (SSSR count). The lowest BCUT2D eigenvalue weighted by molar-refractivity contribution is 0.615. The number of imidazole rings is 1. The van der Waals surface area contributed by atoms with E-state index in [0.717, 1.165) is 30.5 Å². The van der Waals surface area contributed by atoms with Crippen molar-refractivity contribution in [3.63, 3.8) is 0 Å². The molecule has 0 spiro atoms. The monoisotopic (exact) mass is 315 g/mol. The van der Waals surface area contributed by atoms with Crippen molar-refractivity contribution in [3.05, 3.63) is 48.3 Å². The molecule has 0 unspecified atom stereocenters. The smallest absolute Gasteiger partial charge is 0.191 e. The molecule has 6 heteroatoms. The number of benzene rings is 1. The molecule has 0 aliphatic heterocycles. The van der Waals surface area contributed by atoms with Crippen LogP contribution < -0.4 is 10.6 Å². The molecule has 0 radical (unpaired) electrons. The van der Waals surface area contributed by atoms with E-state index in [1.54, 1.807) is 29.4 Å². The Kier molecular flexibility index (Phi) is 4.90. The molecule has 2 N–H and O–H groups in total. The maximum atomic E-state index is 14.2. The lowest BCUT2D eigenvalue weighted by atomic mass is 10.2. The van der Waals surface area contributed by atoms with E-state index in [9.17, 15) is 4.39 Å². The Morgan fingerprint density at radius 1 is 1.39 bits per heavy atom. The van der Waals surface area contributed by atoms with E-state index in [2.05, 4.69) is 20.6 Å². The Morgan fingerprint density at radius 3 is 2.91 bits per heavy atom. The number of aromatic nitrogens is 2. The first-order valence-corrected chi connectivity index (χ1v) is 8.05. The van der Waals surface area contributed by atoms with E-state index in [1.807, 2.05) is 13.0 Å². The lowest BCUT2D eigenvalue weighted by Crippen LogP contribution is -2.38. The summed E-state index contributed by atoms with van der Waals surface area (Å²) < 4.78 is 15.9. The second-order valence-corrected chi connectivity index (χ2v) is 5.78. The minimum absolute atomic E-state index is 0.272. The maximum Gasteiger partial charge on any atom is 0.191 e. The molecule has 0 atom stereocenters. The summed E-state index contributed by atoms with van der Waals surface area (Å²) in [5.74, 6) is 1.30. The van der Waals surface area contributed by atoms with Crippen LogP contribution in [0.5, 0.6) is 0 Å². The van der Waals surface area contributed by atoms with Gasteiger partial charge in [-0.05, 0) is 43.4 Å². The average molecular weight is 315 g/mol. The van der Waals surface area contributed by atoms with Gasteiger partial charge in [0.15, 0.2) is 5.96 Å². The highest BCUT2D eigenvalue weighted by molar-refractivity contribution is 5.79. The van der Waals surface area contributed by atoms with Gasteiger partial charge in [-0.25, -0.2) is 14.4 Å². The maximum absolute atomic E-state index is 14.2. The van der Waals surface area contributed by atoms with Crippen molar-refractivity contribution in [3.8, 4) is 5.69 Å². The summed E-state index contributed by atoms with van der Waals surface area (Å²) in [5.41, 5.74) is 1.34. The van der Waals surface area contributed by atoms with Gasteiger partial charge >= 0.3 is 0 Å². The van der Waals surface area contributed by atoms with Gasteiger partial charge in [-0.2, -0.15) is 0 Å². The zero-order valence-corrected chi connectivity index (χ0v) is 13.3. The molecule has 1 aromatic carbocycles. The first-order chi connectivity index (χ1) is 11.3. The van der Waals surface area contributed by atoms with E-state index < -0.39 is 0 Å². The normalized spacial score (nSPS) is 14.8. The number of aliphatic imine (C=N–C) groups is 1. The fraction of sp³-hybridized carbons (Fsp3) is 0.412. The summed E-state index contributed by atoms with van der Waals surface area (Å²) in [6.45, 7) is 4.25. The van der Waals surface area contributed by atoms with Crippen LogP contribution in [0.4, 0.5) is 4.39 Å². The van der Waals surface area contributed by atoms with Crippen LogP contribution in [0.1, 0.15) is 25.3 Å². The van der Waals surface area contributed by atoms with Crippen molar-refractivity contribution < 1.29 is 4.39 Å². The zero-order chi connectivity index (χ0) is 16.1. The summed E-state index contributed by atoms with van der Waals surface area (Å²) >= 11 is 0. The van der Waals surface area contributed by atoms with Gasteiger partial charge in [0.25, 0.3) is 0 Å². The van der Waals surface area contributed by atoms with Crippen LogP contribution in [-0.4, -0.2) is 28.6 Å². The molecular formula is C17H22FN5. The second kappa shape index (κ2) is 7.26. The minimum Gasteiger partial charge on any atom is -0.357 e. The van der Waals surface area contributed by atoms with Crippen LogP contribution >= 0.6 is 0 Å². The highest BCUT2D eigenvalue weighted by Crippen LogP contribution is 2.27. The molecule has 1 heterocycles. The number of hydrogen-bond acceptors (Lipinski definition) is 2. The molecule has 0 amide bonds. The molecule has 23 heavy (non-hydrogen) atoms. The first kappa shape index (κ1) is 15.5. The number of hydrogen-bond donors (Lipinski definition) is 2.